The maximum atomic E-state index is 10.4. The highest BCUT2D eigenvalue weighted by Gasteiger charge is 2.07. The molecule has 2 nitrogen and oxygen atoms in total. The van der Waals surface area contributed by atoms with Crippen LogP contribution in [0.1, 0.15) is 10.6 Å². The number of carbonyl (C=O) groups is 1. The first-order valence-electron chi connectivity index (χ1n) is 3.54. The fraction of sp³-hybridized carbons (Fsp3) is 0. The lowest BCUT2D eigenvalue weighted by atomic mass is 10.2. The van der Waals surface area contributed by atoms with E-state index < -0.39 is 0 Å². The Balaban J connectivity index is 2.82. The van der Waals surface area contributed by atoms with Gasteiger partial charge in [0.2, 0.25) is 0 Å². The van der Waals surface area contributed by atoms with Gasteiger partial charge in [0.1, 0.15) is 0 Å². The van der Waals surface area contributed by atoms with Crippen LogP contribution in [0.25, 0.3) is 11.0 Å². The second-order valence-electron chi connectivity index (χ2n) is 2.57. The summed E-state index contributed by atoms with van der Waals surface area (Å²) in [6.45, 7) is 0. The van der Waals surface area contributed by atoms with E-state index in [9.17, 15) is 4.79 Å². The fourth-order valence-corrected chi connectivity index (χ4v) is 1.70. The zero-order valence-corrected chi connectivity index (χ0v) is 7.89. The van der Waals surface area contributed by atoms with Gasteiger partial charge in [-0.25, -0.2) is 0 Å². The Morgan fingerprint density at radius 2 is 2.00 bits per heavy atom. The van der Waals surface area contributed by atoms with Crippen molar-refractivity contribution in [2.75, 3.05) is 0 Å². The second-order valence-corrected chi connectivity index (χ2v) is 3.42. The molecule has 0 saturated carbocycles. The van der Waals surface area contributed by atoms with Crippen molar-refractivity contribution in [2.45, 2.75) is 0 Å². The minimum atomic E-state index is 0.249. The van der Waals surface area contributed by atoms with E-state index in [0.717, 1.165) is 5.39 Å². The van der Waals surface area contributed by atoms with E-state index in [1.165, 1.54) is 0 Å². The maximum Gasteiger partial charge on any atom is 0.185 e. The van der Waals surface area contributed by atoms with E-state index >= 15 is 0 Å². The van der Waals surface area contributed by atoms with Crippen LogP contribution >= 0.6 is 23.2 Å². The van der Waals surface area contributed by atoms with Gasteiger partial charge >= 0.3 is 0 Å². The van der Waals surface area contributed by atoms with Crippen LogP contribution in [0.4, 0.5) is 0 Å². The molecule has 1 aromatic carbocycles. The van der Waals surface area contributed by atoms with Crippen molar-refractivity contribution in [1.82, 2.24) is 0 Å². The molecule has 0 radical (unpaired) electrons. The molecule has 13 heavy (non-hydrogen) atoms. The second kappa shape index (κ2) is 3.05. The molecule has 0 amide bonds. The van der Waals surface area contributed by atoms with Crippen LogP contribution in [0, 0.1) is 0 Å². The number of carbonyl (C=O) groups excluding carboxylic acids is 1. The Bertz CT molecular complexity index is 474. The Morgan fingerprint density at radius 3 is 2.69 bits per heavy atom. The third kappa shape index (κ3) is 1.43. The van der Waals surface area contributed by atoms with Crippen LogP contribution in [0.2, 0.25) is 10.0 Å². The molecule has 0 bridgehead atoms. The third-order valence-electron chi connectivity index (χ3n) is 1.67. The lowest BCUT2D eigenvalue weighted by Crippen LogP contribution is -1.67. The summed E-state index contributed by atoms with van der Waals surface area (Å²) in [7, 11) is 0. The van der Waals surface area contributed by atoms with Crippen LogP contribution in [-0.4, -0.2) is 6.29 Å². The summed E-state index contributed by atoms with van der Waals surface area (Å²) < 4.78 is 5.14. The van der Waals surface area contributed by atoms with Crippen molar-refractivity contribution in [3.05, 3.63) is 34.0 Å². The van der Waals surface area contributed by atoms with Crippen LogP contribution in [-0.2, 0) is 0 Å². The van der Waals surface area contributed by atoms with E-state index in [1.807, 2.05) is 0 Å². The highest BCUT2D eigenvalue weighted by molar-refractivity contribution is 6.38. The molecule has 2 aromatic rings. The highest BCUT2D eigenvalue weighted by atomic mass is 35.5. The number of fused-ring (bicyclic) bond motifs is 1. The minimum absolute atomic E-state index is 0.249. The van der Waals surface area contributed by atoms with E-state index in [2.05, 4.69) is 0 Å². The molecule has 1 aromatic heterocycles. The zero-order valence-electron chi connectivity index (χ0n) is 6.38. The molecule has 0 fully saturated rings. The summed E-state index contributed by atoms with van der Waals surface area (Å²) in [5, 5.41) is 1.67. The molecule has 0 spiro atoms. The van der Waals surface area contributed by atoms with Crippen molar-refractivity contribution in [1.29, 1.82) is 0 Å². The fourth-order valence-electron chi connectivity index (χ4n) is 1.15. The summed E-state index contributed by atoms with van der Waals surface area (Å²) >= 11 is 11.6. The van der Waals surface area contributed by atoms with Crippen LogP contribution in [0.15, 0.2) is 22.6 Å². The molecule has 4 heteroatoms. The predicted molar refractivity (Wildman–Crippen MR) is 51.6 cm³/mol. The van der Waals surface area contributed by atoms with E-state index in [4.69, 9.17) is 27.6 Å². The summed E-state index contributed by atoms with van der Waals surface area (Å²) in [5.41, 5.74) is 0.494. The number of hydrogen-bond donors (Lipinski definition) is 0. The Labute approximate surface area is 84.0 Å². The lowest BCUT2D eigenvalue weighted by molar-refractivity contribution is 0.110. The molecule has 0 unspecified atom stereocenters. The van der Waals surface area contributed by atoms with Crippen LogP contribution < -0.4 is 0 Å². The van der Waals surface area contributed by atoms with E-state index in [-0.39, 0.29) is 5.76 Å². The van der Waals surface area contributed by atoms with Gasteiger partial charge in [-0.3, -0.25) is 4.79 Å². The largest absolute Gasteiger partial charge is 0.452 e. The molecule has 66 valence electrons. The van der Waals surface area contributed by atoms with Crippen molar-refractivity contribution in [2.24, 2.45) is 0 Å². The SMILES string of the molecule is O=Cc1cc2cc(Cl)cc(Cl)c2o1. The quantitative estimate of drug-likeness (QED) is 0.680. The summed E-state index contributed by atoms with van der Waals surface area (Å²) in [6.07, 6.45) is 0.629. The monoisotopic (exact) mass is 214 g/mol. The average Bonchev–Trinajstić information content (AvgIpc) is 2.47. The lowest BCUT2D eigenvalue weighted by Gasteiger charge is -1.92. The summed E-state index contributed by atoms with van der Waals surface area (Å²) in [5.74, 6) is 0.249. The first-order valence-corrected chi connectivity index (χ1v) is 4.30. The number of rotatable bonds is 1. The predicted octanol–water partition coefficient (Wildman–Crippen LogP) is 3.55. The van der Waals surface area contributed by atoms with Gasteiger partial charge in [0, 0.05) is 10.4 Å². The Morgan fingerprint density at radius 1 is 1.23 bits per heavy atom. The molecular weight excluding hydrogens is 211 g/mol. The molecule has 1 heterocycles. The first kappa shape index (κ1) is 8.60. The van der Waals surface area contributed by atoms with Gasteiger partial charge in [-0.05, 0) is 18.2 Å². The Hall–Kier alpha value is -0.990. The van der Waals surface area contributed by atoms with Gasteiger partial charge in [0.15, 0.2) is 17.6 Å². The topological polar surface area (TPSA) is 30.2 Å². The number of benzene rings is 1. The van der Waals surface area contributed by atoms with Gasteiger partial charge in [-0.2, -0.15) is 0 Å². The number of halogens is 2. The number of hydrogen-bond acceptors (Lipinski definition) is 2. The van der Waals surface area contributed by atoms with Gasteiger partial charge in [-0.15, -0.1) is 0 Å². The van der Waals surface area contributed by atoms with E-state index in [1.54, 1.807) is 18.2 Å². The Kier molecular flexibility index (Phi) is 2.02. The highest BCUT2D eigenvalue weighted by Crippen LogP contribution is 2.29. The average molecular weight is 215 g/mol. The van der Waals surface area contributed by atoms with Gasteiger partial charge in [0.25, 0.3) is 0 Å². The normalized spacial score (nSPS) is 10.6. The molecule has 0 aliphatic heterocycles. The van der Waals surface area contributed by atoms with Crippen LogP contribution in [0.3, 0.4) is 0 Å². The number of aldehydes is 1. The van der Waals surface area contributed by atoms with E-state index in [0.29, 0.717) is 21.9 Å². The van der Waals surface area contributed by atoms with Gasteiger partial charge < -0.3 is 4.42 Å². The minimum Gasteiger partial charge on any atom is -0.452 e. The molecule has 2 rings (SSSR count). The molecule has 0 N–H and O–H groups in total. The van der Waals surface area contributed by atoms with Gasteiger partial charge in [0.05, 0.1) is 5.02 Å². The van der Waals surface area contributed by atoms with Crippen molar-refractivity contribution < 1.29 is 9.21 Å². The third-order valence-corrected chi connectivity index (χ3v) is 2.17. The van der Waals surface area contributed by atoms with Gasteiger partial charge in [-0.1, -0.05) is 23.2 Å². The standard InChI is InChI=1S/C9H4Cl2O2/c10-6-1-5-2-7(4-12)13-9(5)8(11)3-6/h1-4H. The maximum absolute atomic E-state index is 10.4. The van der Waals surface area contributed by atoms with Crippen LogP contribution in [0.5, 0.6) is 0 Å². The molecule has 0 aliphatic carbocycles. The molecule has 0 atom stereocenters. The number of furan rings is 1. The molecular formula is C9H4Cl2O2. The smallest absolute Gasteiger partial charge is 0.185 e. The first-order chi connectivity index (χ1) is 6.20. The summed E-state index contributed by atoms with van der Waals surface area (Å²) in [4.78, 5) is 10.4. The molecule has 0 aliphatic rings. The van der Waals surface area contributed by atoms with Crippen molar-refractivity contribution in [3.63, 3.8) is 0 Å². The molecule has 0 saturated heterocycles. The summed E-state index contributed by atoms with van der Waals surface area (Å²) in [6, 6.07) is 4.86. The zero-order chi connectivity index (χ0) is 9.42. The van der Waals surface area contributed by atoms with Crippen molar-refractivity contribution >= 4 is 40.5 Å². The van der Waals surface area contributed by atoms with Crippen molar-refractivity contribution in [3.8, 4) is 0 Å².